The number of halogens is 1. The fourth-order valence-corrected chi connectivity index (χ4v) is 3.80. The van der Waals surface area contributed by atoms with E-state index in [1.54, 1.807) is 23.5 Å². The van der Waals surface area contributed by atoms with Crippen molar-refractivity contribution in [2.45, 2.75) is 24.5 Å². The maximum atomic E-state index is 11.8. The molecule has 2 rings (SSSR count). The van der Waals surface area contributed by atoms with Crippen LogP contribution in [0.25, 0.3) is 0 Å². The van der Waals surface area contributed by atoms with E-state index >= 15 is 0 Å². The lowest BCUT2D eigenvalue weighted by Gasteiger charge is -2.05. The molecule has 1 amide bonds. The number of rotatable bonds is 8. The van der Waals surface area contributed by atoms with E-state index in [0.717, 1.165) is 38.4 Å². The summed E-state index contributed by atoms with van der Waals surface area (Å²) >= 11 is 9.11. The number of aryl methyl sites for hydroxylation is 2. The van der Waals surface area contributed by atoms with E-state index in [1.807, 2.05) is 38.1 Å². The SMILES string of the molecule is Cc1noc(C)c1CSCC(=O)NCCSc1ccc(Cl)cc1. The molecule has 1 N–H and O–H groups in total. The van der Waals surface area contributed by atoms with Crippen LogP contribution in [-0.4, -0.2) is 29.1 Å². The topological polar surface area (TPSA) is 55.1 Å². The molecule has 1 aromatic heterocycles. The molecule has 0 fully saturated rings. The third-order valence-electron chi connectivity index (χ3n) is 3.17. The van der Waals surface area contributed by atoms with Gasteiger partial charge in [0, 0.05) is 33.5 Å². The number of carbonyl (C=O) groups is 1. The second-order valence-corrected chi connectivity index (χ2v) is 7.54. The van der Waals surface area contributed by atoms with Gasteiger partial charge in [-0.05, 0) is 38.1 Å². The summed E-state index contributed by atoms with van der Waals surface area (Å²) < 4.78 is 5.11. The summed E-state index contributed by atoms with van der Waals surface area (Å²) in [7, 11) is 0. The lowest BCUT2D eigenvalue weighted by Crippen LogP contribution is -2.27. The smallest absolute Gasteiger partial charge is 0.230 e. The Morgan fingerprint density at radius 3 is 2.70 bits per heavy atom. The summed E-state index contributed by atoms with van der Waals surface area (Å²) in [5.74, 6) is 2.90. The van der Waals surface area contributed by atoms with Gasteiger partial charge in [-0.15, -0.1) is 23.5 Å². The minimum atomic E-state index is 0.0541. The molecular weight excluding hydrogens is 352 g/mol. The summed E-state index contributed by atoms with van der Waals surface area (Å²) in [6.07, 6.45) is 0. The normalized spacial score (nSPS) is 10.7. The first-order chi connectivity index (χ1) is 11.1. The fourth-order valence-electron chi connectivity index (χ4n) is 1.89. The van der Waals surface area contributed by atoms with Gasteiger partial charge in [0.1, 0.15) is 5.76 Å². The predicted octanol–water partition coefficient (Wildman–Crippen LogP) is 4.09. The highest BCUT2D eigenvalue weighted by molar-refractivity contribution is 7.99. The van der Waals surface area contributed by atoms with Crippen LogP contribution in [0.3, 0.4) is 0 Å². The molecule has 7 heteroatoms. The quantitative estimate of drug-likeness (QED) is 0.560. The Kier molecular flexibility index (Phi) is 7.33. The third kappa shape index (κ3) is 6.12. The second-order valence-electron chi connectivity index (χ2n) is 4.95. The number of thioether (sulfide) groups is 2. The Morgan fingerprint density at radius 1 is 1.30 bits per heavy atom. The van der Waals surface area contributed by atoms with Gasteiger partial charge in [-0.1, -0.05) is 16.8 Å². The van der Waals surface area contributed by atoms with Crippen molar-refractivity contribution in [2.75, 3.05) is 18.1 Å². The van der Waals surface area contributed by atoms with Crippen molar-refractivity contribution in [3.8, 4) is 0 Å². The standard InChI is InChI=1S/C16H19ClN2O2S2/c1-11-15(12(2)21-19-11)9-22-10-16(20)18-7-8-23-14-5-3-13(17)4-6-14/h3-6H,7-10H2,1-2H3,(H,18,20). The number of benzene rings is 1. The van der Waals surface area contributed by atoms with Gasteiger partial charge in [-0.25, -0.2) is 0 Å². The lowest BCUT2D eigenvalue weighted by atomic mass is 10.2. The summed E-state index contributed by atoms with van der Waals surface area (Å²) in [5, 5.41) is 7.57. The summed E-state index contributed by atoms with van der Waals surface area (Å²) in [5.41, 5.74) is 1.98. The average molecular weight is 371 g/mol. The van der Waals surface area contributed by atoms with Crippen LogP contribution in [0, 0.1) is 13.8 Å². The molecule has 4 nitrogen and oxygen atoms in total. The highest BCUT2D eigenvalue weighted by atomic mass is 35.5. The van der Waals surface area contributed by atoms with Gasteiger partial charge in [0.25, 0.3) is 0 Å². The van der Waals surface area contributed by atoms with Crippen LogP contribution < -0.4 is 5.32 Å². The Morgan fingerprint density at radius 2 is 2.04 bits per heavy atom. The Hall–Kier alpha value is -1.11. The molecule has 0 saturated heterocycles. The predicted molar refractivity (Wildman–Crippen MR) is 97.3 cm³/mol. The molecule has 124 valence electrons. The Bertz CT molecular complexity index is 625. The minimum Gasteiger partial charge on any atom is -0.361 e. The van der Waals surface area contributed by atoms with Crippen molar-refractivity contribution < 1.29 is 9.32 Å². The fraction of sp³-hybridized carbons (Fsp3) is 0.375. The summed E-state index contributed by atoms with van der Waals surface area (Å²) in [4.78, 5) is 12.9. The Balaban J connectivity index is 1.59. The highest BCUT2D eigenvalue weighted by Crippen LogP contribution is 2.20. The van der Waals surface area contributed by atoms with E-state index in [-0.39, 0.29) is 5.91 Å². The highest BCUT2D eigenvalue weighted by Gasteiger charge is 2.09. The van der Waals surface area contributed by atoms with Gasteiger partial charge in [-0.2, -0.15) is 0 Å². The molecule has 0 atom stereocenters. The number of hydrogen-bond donors (Lipinski definition) is 1. The van der Waals surface area contributed by atoms with E-state index in [2.05, 4.69) is 10.5 Å². The monoisotopic (exact) mass is 370 g/mol. The third-order valence-corrected chi connectivity index (χ3v) is 5.39. The molecule has 23 heavy (non-hydrogen) atoms. The van der Waals surface area contributed by atoms with E-state index in [4.69, 9.17) is 16.1 Å². The van der Waals surface area contributed by atoms with Crippen LogP contribution in [0.15, 0.2) is 33.7 Å². The average Bonchev–Trinajstić information content (AvgIpc) is 2.85. The maximum Gasteiger partial charge on any atom is 0.230 e. The molecule has 0 radical (unpaired) electrons. The largest absolute Gasteiger partial charge is 0.361 e. The first kappa shape index (κ1) is 18.2. The van der Waals surface area contributed by atoms with E-state index in [0.29, 0.717) is 12.3 Å². The first-order valence-corrected chi connectivity index (χ1v) is 9.72. The van der Waals surface area contributed by atoms with Gasteiger partial charge in [0.15, 0.2) is 0 Å². The van der Waals surface area contributed by atoms with Gasteiger partial charge >= 0.3 is 0 Å². The van der Waals surface area contributed by atoms with Gasteiger partial charge in [-0.3, -0.25) is 4.79 Å². The van der Waals surface area contributed by atoms with Crippen LogP contribution in [0.1, 0.15) is 17.0 Å². The number of nitrogens with zero attached hydrogens (tertiary/aromatic N) is 1. The van der Waals surface area contributed by atoms with Gasteiger partial charge in [0.2, 0.25) is 5.91 Å². The minimum absolute atomic E-state index is 0.0541. The van der Waals surface area contributed by atoms with Crippen LogP contribution >= 0.6 is 35.1 Å². The molecule has 0 unspecified atom stereocenters. The number of carbonyl (C=O) groups excluding carboxylic acids is 1. The Labute approximate surface area is 149 Å². The first-order valence-electron chi connectivity index (χ1n) is 7.21. The zero-order chi connectivity index (χ0) is 16.7. The number of amides is 1. The van der Waals surface area contributed by atoms with Crippen LogP contribution in [0.4, 0.5) is 0 Å². The molecular formula is C16H19ClN2O2S2. The molecule has 1 heterocycles. The van der Waals surface area contributed by atoms with Crippen molar-refractivity contribution in [1.82, 2.24) is 10.5 Å². The second kappa shape index (κ2) is 9.25. The molecule has 2 aromatic rings. The number of hydrogen-bond acceptors (Lipinski definition) is 5. The van der Waals surface area contributed by atoms with Crippen LogP contribution in [0.2, 0.25) is 5.02 Å². The van der Waals surface area contributed by atoms with Crippen molar-refractivity contribution in [2.24, 2.45) is 0 Å². The van der Waals surface area contributed by atoms with E-state index in [1.165, 1.54) is 0 Å². The van der Waals surface area contributed by atoms with Crippen LogP contribution in [0.5, 0.6) is 0 Å². The molecule has 0 bridgehead atoms. The van der Waals surface area contributed by atoms with Crippen molar-refractivity contribution in [1.29, 1.82) is 0 Å². The molecule has 0 spiro atoms. The van der Waals surface area contributed by atoms with Crippen molar-refractivity contribution >= 4 is 41.0 Å². The van der Waals surface area contributed by atoms with E-state index in [9.17, 15) is 4.79 Å². The number of nitrogens with one attached hydrogen (secondary N) is 1. The van der Waals surface area contributed by atoms with Gasteiger partial charge < -0.3 is 9.84 Å². The van der Waals surface area contributed by atoms with Crippen LogP contribution in [-0.2, 0) is 10.5 Å². The van der Waals surface area contributed by atoms with Gasteiger partial charge in [0.05, 0.1) is 11.4 Å². The molecule has 0 aliphatic carbocycles. The van der Waals surface area contributed by atoms with Crippen molar-refractivity contribution in [3.63, 3.8) is 0 Å². The van der Waals surface area contributed by atoms with Crippen molar-refractivity contribution in [3.05, 3.63) is 46.3 Å². The molecule has 0 saturated carbocycles. The number of aromatic nitrogens is 1. The molecule has 0 aliphatic heterocycles. The maximum absolute atomic E-state index is 11.8. The summed E-state index contributed by atoms with van der Waals surface area (Å²) in [6, 6.07) is 7.70. The molecule has 0 aliphatic rings. The zero-order valence-corrected chi connectivity index (χ0v) is 15.5. The zero-order valence-electron chi connectivity index (χ0n) is 13.1. The molecule has 1 aromatic carbocycles. The summed E-state index contributed by atoms with van der Waals surface area (Å²) in [6.45, 7) is 4.46. The van der Waals surface area contributed by atoms with E-state index < -0.39 is 0 Å². The lowest BCUT2D eigenvalue weighted by molar-refractivity contribution is -0.118.